The average molecular weight is 623 g/mol. The largest absolute Gasteiger partial charge is 0.483 e. The molecule has 1 saturated carbocycles. The second-order valence-electron chi connectivity index (χ2n) is 13.2. The van der Waals surface area contributed by atoms with Gasteiger partial charge in [0.15, 0.2) is 11.5 Å². The van der Waals surface area contributed by atoms with E-state index in [0.717, 1.165) is 42.5 Å². The Labute approximate surface area is 261 Å². The van der Waals surface area contributed by atoms with Crippen LogP contribution < -0.4 is 9.47 Å². The highest BCUT2D eigenvalue weighted by Crippen LogP contribution is 2.64. The van der Waals surface area contributed by atoms with Crippen molar-refractivity contribution < 1.29 is 37.0 Å². The molecule has 238 valence electrons. The van der Waals surface area contributed by atoms with Crippen molar-refractivity contribution in [3.8, 4) is 23.3 Å². The monoisotopic (exact) mass is 622 g/mol. The van der Waals surface area contributed by atoms with E-state index in [2.05, 4.69) is 16.7 Å². The first-order chi connectivity index (χ1) is 21.3. The lowest BCUT2D eigenvalue weighted by molar-refractivity contribution is -0.139. The van der Waals surface area contributed by atoms with E-state index >= 15 is 0 Å². The van der Waals surface area contributed by atoms with Gasteiger partial charge in [0.25, 0.3) is 5.91 Å². The van der Waals surface area contributed by atoms with Crippen LogP contribution in [0.25, 0.3) is 0 Å². The average Bonchev–Trinajstić information content (AvgIpc) is 3.31. The fraction of sp³-hybridized carbons (Fsp3) is 0.514. The van der Waals surface area contributed by atoms with Gasteiger partial charge in [-0.25, -0.2) is 0 Å². The number of Topliss-reactive ketones (excluding diaryl/α,β-unsaturated/α-hetero) is 1. The summed E-state index contributed by atoms with van der Waals surface area (Å²) in [7, 11) is 0. The van der Waals surface area contributed by atoms with E-state index in [4.69, 9.17) is 9.47 Å². The highest BCUT2D eigenvalue weighted by Gasteiger charge is 2.66. The number of amides is 1. The lowest BCUT2D eigenvalue weighted by Gasteiger charge is -2.60. The number of rotatable bonds is 6. The molecule has 2 bridgehead atoms. The smallest absolute Gasteiger partial charge is 0.416 e. The molecule has 0 radical (unpaired) electrons. The maximum Gasteiger partial charge on any atom is 0.416 e. The third kappa shape index (κ3) is 5.50. The molecule has 2 heterocycles. The van der Waals surface area contributed by atoms with Crippen molar-refractivity contribution in [1.29, 1.82) is 0 Å². The van der Waals surface area contributed by atoms with E-state index in [9.17, 15) is 27.6 Å². The molecule has 4 aliphatic rings. The summed E-state index contributed by atoms with van der Waals surface area (Å²) in [6, 6.07) is 8.04. The SMILES string of the molecule is CC(=O)CN1CC[C@]23c4c5ccc(OC(C)=O)c4O[C@H]2[C@@H](N(CC(C)C)C(=O)C#Cc2ccc(C(F)(F)F)cc2)CC[C@H]3[C@H]1C5. The van der Waals surface area contributed by atoms with Gasteiger partial charge >= 0.3 is 12.1 Å². The molecule has 1 amide bonds. The van der Waals surface area contributed by atoms with Crippen molar-refractivity contribution >= 4 is 17.7 Å². The van der Waals surface area contributed by atoms with Crippen molar-refractivity contribution in [2.45, 2.75) is 83.2 Å². The summed E-state index contributed by atoms with van der Waals surface area (Å²) in [6.45, 7) is 8.52. The van der Waals surface area contributed by atoms with Gasteiger partial charge in [-0.05, 0) is 86.9 Å². The van der Waals surface area contributed by atoms with Crippen LogP contribution in [0.4, 0.5) is 13.2 Å². The van der Waals surface area contributed by atoms with Crippen LogP contribution in [-0.2, 0) is 32.4 Å². The topological polar surface area (TPSA) is 76.2 Å². The van der Waals surface area contributed by atoms with Gasteiger partial charge in [0.2, 0.25) is 0 Å². The molecule has 45 heavy (non-hydrogen) atoms. The summed E-state index contributed by atoms with van der Waals surface area (Å²) in [6.07, 6.45) is -1.91. The number of carbonyl (C=O) groups is 3. The van der Waals surface area contributed by atoms with Gasteiger partial charge in [-0.3, -0.25) is 19.3 Å². The zero-order valence-corrected chi connectivity index (χ0v) is 25.9. The van der Waals surface area contributed by atoms with Gasteiger partial charge in [-0.15, -0.1) is 0 Å². The molecule has 0 aromatic heterocycles. The Kier molecular flexibility index (Phi) is 7.97. The van der Waals surface area contributed by atoms with Crippen LogP contribution in [0.2, 0.25) is 0 Å². The molecule has 1 spiro atoms. The Bertz CT molecular complexity index is 1590. The van der Waals surface area contributed by atoms with Crippen LogP contribution in [0.1, 0.15) is 69.2 Å². The molecule has 0 N–H and O–H groups in total. The molecule has 2 aromatic carbocycles. The van der Waals surface area contributed by atoms with Crippen molar-refractivity contribution in [2.75, 3.05) is 19.6 Å². The van der Waals surface area contributed by atoms with Gasteiger partial charge in [-0.1, -0.05) is 25.8 Å². The molecule has 0 unspecified atom stereocenters. The predicted octanol–water partition coefficient (Wildman–Crippen LogP) is 5.16. The second-order valence-corrected chi connectivity index (χ2v) is 13.2. The maximum absolute atomic E-state index is 13.9. The number of ketones is 1. The van der Waals surface area contributed by atoms with E-state index in [-0.39, 0.29) is 29.7 Å². The van der Waals surface area contributed by atoms with E-state index in [1.807, 2.05) is 19.9 Å². The third-order valence-electron chi connectivity index (χ3n) is 9.81. The molecule has 2 aromatic rings. The number of piperidine rings is 1. The molecule has 6 rings (SSSR count). The van der Waals surface area contributed by atoms with Crippen LogP contribution >= 0.6 is 0 Å². The number of carbonyl (C=O) groups excluding carboxylic acids is 3. The Hall–Kier alpha value is -3.84. The summed E-state index contributed by atoms with van der Waals surface area (Å²) < 4.78 is 51.6. The molecule has 7 nitrogen and oxygen atoms in total. The van der Waals surface area contributed by atoms with Gasteiger partial charge in [0, 0.05) is 42.0 Å². The number of alkyl halides is 3. The first-order valence-electron chi connectivity index (χ1n) is 15.5. The number of benzene rings is 2. The molecule has 1 saturated heterocycles. The van der Waals surface area contributed by atoms with Crippen molar-refractivity contribution in [2.24, 2.45) is 11.8 Å². The lowest BCUT2D eigenvalue weighted by atomic mass is 9.51. The molecule has 2 aliphatic carbocycles. The fourth-order valence-corrected chi connectivity index (χ4v) is 8.33. The number of halogens is 3. The standard InChI is InChI=1S/C35H37F3N2O5/c1-20(2)18-40(30(43)14-7-23-5-9-25(10-6-23)35(36,37)38)27-12-11-26-28-17-24-8-13-29(44-22(4)42)32-31(24)34(26,33(27)45-32)15-16-39(28)19-21(3)41/h5-6,8-10,13,20,26-28,33H,11-12,15-19H2,1-4H3/t26-,27-,28+,33-,34-/m0/s1. The summed E-state index contributed by atoms with van der Waals surface area (Å²) in [5.41, 5.74) is 1.28. The lowest BCUT2D eigenvalue weighted by Crippen LogP contribution is -2.69. The van der Waals surface area contributed by atoms with Crippen molar-refractivity contribution in [3.05, 3.63) is 58.7 Å². The van der Waals surface area contributed by atoms with Crippen LogP contribution in [0.3, 0.4) is 0 Å². The number of ether oxygens (including phenoxy) is 2. The van der Waals surface area contributed by atoms with Crippen LogP contribution in [-0.4, -0.2) is 65.3 Å². The minimum atomic E-state index is -4.46. The van der Waals surface area contributed by atoms with Gasteiger partial charge in [0.05, 0.1) is 18.2 Å². The van der Waals surface area contributed by atoms with Crippen LogP contribution in [0, 0.1) is 23.7 Å². The number of nitrogens with zero attached hydrogens (tertiary/aromatic N) is 2. The minimum absolute atomic E-state index is 0.115. The Balaban J connectivity index is 1.38. The minimum Gasteiger partial charge on any atom is -0.483 e. The molecular formula is C35H37F3N2O5. The number of hydrogen-bond acceptors (Lipinski definition) is 6. The van der Waals surface area contributed by atoms with Crippen molar-refractivity contribution in [1.82, 2.24) is 9.80 Å². The summed E-state index contributed by atoms with van der Waals surface area (Å²) in [4.78, 5) is 42.2. The number of hydrogen-bond donors (Lipinski definition) is 0. The van der Waals surface area contributed by atoms with Crippen LogP contribution in [0.15, 0.2) is 36.4 Å². The van der Waals surface area contributed by atoms with E-state index < -0.39 is 35.1 Å². The van der Waals surface area contributed by atoms with Crippen LogP contribution in [0.5, 0.6) is 11.5 Å². The zero-order chi connectivity index (χ0) is 32.3. The highest BCUT2D eigenvalue weighted by molar-refractivity contribution is 5.94. The van der Waals surface area contributed by atoms with E-state index in [0.29, 0.717) is 43.1 Å². The van der Waals surface area contributed by atoms with Crippen molar-refractivity contribution in [3.63, 3.8) is 0 Å². The molecular weight excluding hydrogens is 585 g/mol. The Morgan fingerprint density at radius 2 is 1.84 bits per heavy atom. The Morgan fingerprint density at radius 1 is 1.11 bits per heavy atom. The second kappa shape index (κ2) is 11.5. The third-order valence-corrected chi connectivity index (χ3v) is 9.81. The van der Waals surface area contributed by atoms with Gasteiger partial charge in [-0.2, -0.15) is 13.2 Å². The first-order valence-corrected chi connectivity index (χ1v) is 15.5. The summed E-state index contributed by atoms with van der Waals surface area (Å²) in [5.74, 6) is 5.97. The molecule has 2 fully saturated rings. The predicted molar refractivity (Wildman–Crippen MR) is 160 cm³/mol. The summed E-state index contributed by atoms with van der Waals surface area (Å²) in [5, 5.41) is 0. The molecule has 10 heteroatoms. The normalized spacial score (nSPS) is 26.3. The molecule has 2 aliphatic heterocycles. The summed E-state index contributed by atoms with van der Waals surface area (Å²) >= 11 is 0. The maximum atomic E-state index is 13.9. The quantitative estimate of drug-likeness (QED) is 0.252. The fourth-order valence-electron chi connectivity index (χ4n) is 8.33. The first kappa shape index (κ1) is 31.2. The highest BCUT2D eigenvalue weighted by atomic mass is 19.4. The Morgan fingerprint density at radius 3 is 2.49 bits per heavy atom. The molecule has 5 atom stereocenters. The van der Waals surface area contributed by atoms with Gasteiger partial charge < -0.3 is 14.4 Å². The van der Waals surface area contributed by atoms with Gasteiger partial charge in [0.1, 0.15) is 11.9 Å². The zero-order valence-electron chi connectivity index (χ0n) is 25.9. The number of likely N-dealkylation sites (tertiary alicyclic amines) is 1. The van der Waals surface area contributed by atoms with E-state index in [1.54, 1.807) is 17.9 Å². The van der Waals surface area contributed by atoms with E-state index in [1.165, 1.54) is 19.1 Å². The number of esters is 1.